The van der Waals surface area contributed by atoms with Crippen molar-refractivity contribution in [2.24, 2.45) is 11.8 Å². The van der Waals surface area contributed by atoms with Gasteiger partial charge < -0.3 is 5.32 Å². The molecule has 1 fully saturated rings. The molecule has 1 aliphatic rings. The van der Waals surface area contributed by atoms with Crippen LogP contribution in [0.25, 0.3) is 0 Å². The number of thiophene rings is 1. The largest absolute Gasteiger partial charge is 0.314 e. The second-order valence-electron chi connectivity index (χ2n) is 4.98. The molecule has 1 saturated carbocycles. The van der Waals surface area contributed by atoms with E-state index in [0.717, 1.165) is 24.4 Å². The van der Waals surface area contributed by atoms with Crippen LogP contribution >= 0.6 is 11.3 Å². The molecule has 0 radical (unpaired) electrons. The molecule has 2 rings (SSSR count). The Morgan fingerprint density at radius 1 is 1.44 bits per heavy atom. The fraction of sp³-hybridized carbons (Fsp3) is 0.714. The lowest BCUT2D eigenvalue weighted by atomic mass is 9.91. The normalized spacial score (nSPS) is 29.8. The third-order valence-corrected chi connectivity index (χ3v) is 4.97. The predicted octanol–water partition coefficient (Wildman–Crippen LogP) is 3.70. The average Bonchev–Trinajstić information content (AvgIpc) is 2.89. The van der Waals surface area contributed by atoms with Crippen LogP contribution < -0.4 is 5.32 Å². The highest BCUT2D eigenvalue weighted by Gasteiger charge is 2.31. The van der Waals surface area contributed by atoms with Crippen LogP contribution in [-0.4, -0.2) is 12.6 Å². The van der Waals surface area contributed by atoms with E-state index in [1.165, 1.54) is 25.7 Å². The number of aryl methyl sites for hydroxylation is 1. The lowest BCUT2D eigenvalue weighted by Gasteiger charge is -2.21. The molecule has 0 saturated heterocycles. The number of hydrogen-bond donors (Lipinski definition) is 1. The van der Waals surface area contributed by atoms with Crippen molar-refractivity contribution in [3.8, 4) is 0 Å². The van der Waals surface area contributed by atoms with Crippen LogP contribution in [0.1, 0.15) is 38.0 Å². The highest BCUT2D eigenvalue weighted by molar-refractivity contribution is 7.09. The van der Waals surface area contributed by atoms with E-state index < -0.39 is 0 Å². The molecule has 0 bridgehead atoms. The van der Waals surface area contributed by atoms with Crippen molar-refractivity contribution in [2.45, 2.75) is 45.6 Å². The maximum absolute atomic E-state index is 3.62. The summed E-state index contributed by atoms with van der Waals surface area (Å²) >= 11 is 1.90. The van der Waals surface area contributed by atoms with Gasteiger partial charge in [0.15, 0.2) is 0 Å². The zero-order valence-electron chi connectivity index (χ0n) is 10.4. The Labute approximate surface area is 103 Å². The first kappa shape index (κ1) is 12.1. The highest BCUT2D eigenvalue weighted by Crippen LogP contribution is 2.35. The molecule has 1 N–H and O–H groups in total. The Hall–Kier alpha value is -0.340. The second kappa shape index (κ2) is 5.83. The highest BCUT2D eigenvalue weighted by atomic mass is 32.1. The first-order chi connectivity index (χ1) is 7.81. The van der Waals surface area contributed by atoms with E-state index in [1.54, 1.807) is 4.88 Å². The van der Waals surface area contributed by atoms with Gasteiger partial charge in [-0.3, -0.25) is 0 Å². The molecule has 1 heterocycles. The van der Waals surface area contributed by atoms with Crippen molar-refractivity contribution in [1.29, 1.82) is 0 Å². The maximum atomic E-state index is 3.62. The van der Waals surface area contributed by atoms with Crippen LogP contribution in [0.3, 0.4) is 0 Å². The Morgan fingerprint density at radius 2 is 2.31 bits per heavy atom. The minimum absolute atomic E-state index is 0.776. The summed E-state index contributed by atoms with van der Waals surface area (Å²) in [7, 11) is 0. The molecular weight excluding hydrogens is 214 g/mol. The van der Waals surface area contributed by atoms with Crippen molar-refractivity contribution in [2.75, 3.05) is 6.54 Å². The number of hydrogen-bond acceptors (Lipinski definition) is 2. The van der Waals surface area contributed by atoms with E-state index >= 15 is 0 Å². The van der Waals surface area contributed by atoms with Gasteiger partial charge in [0.05, 0.1) is 0 Å². The molecule has 16 heavy (non-hydrogen) atoms. The molecule has 0 aliphatic heterocycles. The number of rotatable bonds is 5. The maximum Gasteiger partial charge on any atom is 0.00953 e. The van der Waals surface area contributed by atoms with Crippen molar-refractivity contribution in [3.05, 3.63) is 22.4 Å². The molecule has 1 aromatic rings. The van der Waals surface area contributed by atoms with Gasteiger partial charge in [-0.15, -0.1) is 11.3 Å². The summed E-state index contributed by atoms with van der Waals surface area (Å²) in [4.78, 5) is 1.55. The summed E-state index contributed by atoms with van der Waals surface area (Å²) in [6, 6.07) is 5.21. The van der Waals surface area contributed by atoms with Gasteiger partial charge in [-0.2, -0.15) is 0 Å². The summed E-state index contributed by atoms with van der Waals surface area (Å²) in [5, 5.41) is 5.81. The summed E-state index contributed by atoms with van der Waals surface area (Å²) < 4.78 is 0. The molecule has 90 valence electrons. The first-order valence-corrected chi connectivity index (χ1v) is 7.45. The Bertz CT molecular complexity index is 294. The second-order valence-corrected chi connectivity index (χ2v) is 6.01. The van der Waals surface area contributed by atoms with Gasteiger partial charge in [-0.05, 0) is 55.5 Å². The Balaban J connectivity index is 1.78. The van der Waals surface area contributed by atoms with Crippen LogP contribution in [0.15, 0.2) is 17.5 Å². The lowest BCUT2D eigenvalue weighted by Crippen LogP contribution is -2.32. The van der Waals surface area contributed by atoms with E-state index in [4.69, 9.17) is 0 Å². The average molecular weight is 237 g/mol. The molecule has 1 nitrogen and oxygen atoms in total. The van der Waals surface area contributed by atoms with Crippen LogP contribution in [0, 0.1) is 11.8 Å². The van der Waals surface area contributed by atoms with E-state index in [2.05, 4.69) is 36.7 Å². The van der Waals surface area contributed by atoms with E-state index in [-0.39, 0.29) is 0 Å². The van der Waals surface area contributed by atoms with Gasteiger partial charge in [0.2, 0.25) is 0 Å². The molecule has 0 amide bonds. The van der Waals surface area contributed by atoms with Crippen LogP contribution in [0.2, 0.25) is 0 Å². The van der Waals surface area contributed by atoms with Crippen molar-refractivity contribution in [1.82, 2.24) is 5.32 Å². The Morgan fingerprint density at radius 3 is 3.00 bits per heavy atom. The predicted molar refractivity (Wildman–Crippen MR) is 72.0 cm³/mol. The molecule has 3 atom stereocenters. The minimum atomic E-state index is 0.776. The third kappa shape index (κ3) is 2.86. The summed E-state index contributed by atoms with van der Waals surface area (Å²) in [5.41, 5.74) is 0. The van der Waals surface area contributed by atoms with E-state index in [1.807, 2.05) is 11.3 Å². The molecule has 1 aliphatic carbocycles. The number of nitrogens with one attached hydrogen (secondary N) is 1. The molecule has 0 aromatic carbocycles. The van der Waals surface area contributed by atoms with Gasteiger partial charge >= 0.3 is 0 Å². The molecule has 3 unspecified atom stereocenters. The van der Waals surface area contributed by atoms with Gasteiger partial charge in [-0.25, -0.2) is 0 Å². The fourth-order valence-corrected chi connectivity index (χ4v) is 3.71. The topological polar surface area (TPSA) is 12.0 Å². The minimum Gasteiger partial charge on any atom is -0.314 e. The SMILES string of the molecule is CCNC1CCC(CCc2cccs2)C1C. The molecule has 2 heteroatoms. The molecular formula is C14H23NS. The summed E-state index contributed by atoms with van der Waals surface area (Å²) in [5.74, 6) is 1.80. The first-order valence-electron chi connectivity index (χ1n) is 6.57. The summed E-state index contributed by atoms with van der Waals surface area (Å²) in [6.45, 7) is 5.76. The smallest absolute Gasteiger partial charge is 0.00953 e. The van der Waals surface area contributed by atoms with Crippen LogP contribution in [-0.2, 0) is 6.42 Å². The molecule has 0 spiro atoms. The van der Waals surface area contributed by atoms with Gasteiger partial charge in [0, 0.05) is 10.9 Å². The lowest BCUT2D eigenvalue weighted by molar-refractivity contribution is 0.341. The van der Waals surface area contributed by atoms with Gasteiger partial charge in [-0.1, -0.05) is 19.9 Å². The van der Waals surface area contributed by atoms with Crippen molar-refractivity contribution < 1.29 is 0 Å². The zero-order chi connectivity index (χ0) is 11.4. The van der Waals surface area contributed by atoms with E-state index in [0.29, 0.717) is 0 Å². The van der Waals surface area contributed by atoms with Crippen molar-refractivity contribution in [3.63, 3.8) is 0 Å². The van der Waals surface area contributed by atoms with Crippen molar-refractivity contribution >= 4 is 11.3 Å². The van der Waals surface area contributed by atoms with Gasteiger partial charge in [0.1, 0.15) is 0 Å². The van der Waals surface area contributed by atoms with E-state index in [9.17, 15) is 0 Å². The zero-order valence-corrected chi connectivity index (χ0v) is 11.2. The molecule has 1 aromatic heterocycles. The quantitative estimate of drug-likeness (QED) is 0.823. The summed E-state index contributed by atoms with van der Waals surface area (Å²) in [6.07, 6.45) is 5.46. The Kier molecular flexibility index (Phi) is 4.42. The monoisotopic (exact) mass is 237 g/mol. The fourth-order valence-electron chi connectivity index (χ4n) is 2.99. The van der Waals surface area contributed by atoms with Crippen LogP contribution in [0.4, 0.5) is 0 Å². The standard InChI is InChI=1S/C14H23NS/c1-3-15-14-9-7-12(11(14)2)6-8-13-5-4-10-16-13/h4-5,10-12,14-15H,3,6-9H2,1-2H3. The third-order valence-electron chi connectivity index (χ3n) is 4.03. The van der Waals surface area contributed by atoms with Crippen LogP contribution in [0.5, 0.6) is 0 Å². The van der Waals surface area contributed by atoms with Gasteiger partial charge in [0.25, 0.3) is 0 Å².